The summed E-state index contributed by atoms with van der Waals surface area (Å²) in [7, 11) is 0. The number of nitrogens with zero attached hydrogens (tertiary/aromatic N) is 1. The van der Waals surface area contributed by atoms with Crippen LogP contribution in [-0.2, 0) is 13.0 Å². The number of para-hydroxylation sites is 1. The molecule has 0 aliphatic carbocycles. The summed E-state index contributed by atoms with van der Waals surface area (Å²) in [6, 6.07) is 11.8. The SMILES string of the molecule is Oc1c(Cl)cc(Cl)cc1CN1CCCCc2ccccc21. The van der Waals surface area contributed by atoms with Gasteiger partial charge < -0.3 is 10.0 Å². The molecule has 0 bridgehead atoms. The van der Waals surface area contributed by atoms with Gasteiger partial charge in [-0.3, -0.25) is 0 Å². The Morgan fingerprint density at radius 2 is 1.90 bits per heavy atom. The van der Waals surface area contributed by atoms with Crippen LogP contribution in [0.1, 0.15) is 24.0 Å². The topological polar surface area (TPSA) is 23.5 Å². The highest BCUT2D eigenvalue weighted by atomic mass is 35.5. The minimum atomic E-state index is 0.128. The van der Waals surface area contributed by atoms with Gasteiger partial charge in [-0.05, 0) is 43.0 Å². The van der Waals surface area contributed by atoms with E-state index in [1.807, 2.05) is 0 Å². The molecule has 1 aliphatic rings. The highest BCUT2D eigenvalue weighted by molar-refractivity contribution is 6.35. The number of phenols is 1. The monoisotopic (exact) mass is 321 g/mol. The molecular formula is C17H17Cl2NO. The third kappa shape index (κ3) is 3.12. The fourth-order valence-electron chi connectivity index (χ4n) is 2.88. The van der Waals surface area contributed by atoms with E-state index in [-0.39, 0.29) is 5.75 Å². The van der Waals surface area contributed by atoms with E-state index in [2.05, 4.69) is 29.2 Å². The molecule has 4 heteroatoms. The molecule has 2 aromatic carbocycles. The molecule has 0 spiro atoms. The zero-order chi connectivity index (χ0) is 14.8. The molecule has 0 amide bonds. The first-order valence-corrected chi connectivity index (χ1v) is 7.90. The second-order valence-corrected chi connectivity index (χ2v) is 6.25. The van der Waals surface area contributed by atoms with Crippen molar-refractivity contribution in [2.24, 2.45) is 0 Å². The lowest BCUT2D eigenvalue weighted by atomic mass is 10.1. The predicted molar refractivity (Wildman–Crippen MR) is 88.6 cm³/mol. The van der Waals surface area contributed by atoms with Gasteiger partial charge >= 0.3 is 0 Å². The lowest BCUT2D eigenvalue weighted by Crippen LogP contribution is -2.23. The van der Waals surface area contributed by atoms with Gasteiger partial charge in [-0.1, -0.05) is 41.4 Å². The largest absolute Gasteiger partial charge is 0.506 e. The van der Waals surface area contributed by atoms with Crippen molar-refractivity contribution in [3.05, 3.63) is 57.6 Å². The molecule has 3 rings (SSSR count). The maximum Gasteiger partial charge on any atom is 0.139 e. The van der Waals surface area contributed by atoms with Gasteiger partial charge in [-0.15, -0.1) is 0 Å². The summed E-state index contributed by atoms with van der Waals surface area (Å²) in [6.45, 7) is 1.59. The second kappa shape index (κ2) is 6.17. The maximum absolute atomic E-state index is 10.2. The van der Waals surface area contributed by atoms with Crippen molar-refractivity contribution in [1.29, 1.82) is 0 Å². The van der Waals surface area contributed by atoms with Crippen molar-refractivity contribution in [3.8, 4) is 5.75 Å². The molecule has 21 heavy (non-hydrogen) atoms. The Morgan fingerprint density at radius 1 is 1.10 bits per heavy atom. The highest BCUT2D eigenvalue weighted by Crippen LogP contribution is 2.34. The first kappa shape index (κ1) is 14.6. The number of aromatic hydroxyl groups is 1. The van der Waals surface area contributed by atoms with E-state index in [0.29, 0.717) is 16.6 Å². The van der Waals surface area contributed by atoms with Gasteiger partial charge in [-0.25, -0.2) is 0 Å². The maximum atomic E-state index is 10.2. The number of halogens is 2. The Bertz CT molecular complexity index is 657. The van der Waals surface area contributed by atoms with Gasteiger partial charge in [-0.2, -0.15) is 0 Å². The molecule has 2 nitrogen and oxygen atoms in total. The van der Waals surface area contributed by atoms with Gasteiger partial charge in [0.2, 0.25) is 0 Å². The van der Waals surface area contributed by atoms with E-state index in [9.17, 15) is 5.11 Å². The molecule has 0 aromatic heterocycles. The molecule has 0 saturated carbocycles. The molecule has 2 aromatic rings. The number of phenolic OH excluding ortho intramolecular Hbond substituents is 1. The van der Waals surface area contributed by atoms with Crippen LogP contribution >= 0.6 is 23.2 Å². The van der Waals surface area contributed by atoms with Crippen LogP contribution in [-0.4, -0.2) is 11.7 Å². The Hall–Kier alpha value is -1.38. The minimum Gasteiger partial charge on any atom is -0.506 e. The lowest BCUT2D eigenvalue weighted by molar-refractivity contribution is 0.467. The first-order valence-electron chi connectivity index (χ1n) is 7.15. The average molecular weight is 322 g/mol. The third-order valence-electron chi connectivity index (χ3n) is 3.92. The molecular weight excluding hydrogens is 305 g/mol. The number of hydrogen-bond donors (Lipinski definition) is 1. The quantitative estimate of drug-likeness (QED) is 0.837. The summed E-state index contributed by atoms with van der Waals surface area (Å²) < 4.78 is 0. The smallest absolute Gasteiger partial charge is 0.139 e. The van der Waals surface area contributed by atoms with Crippen molar-refractivity contribution in [2.45, 2.75) is 25.8 Å². The van der Waals surface area contributed by atoms with Gasteiger partial charge in [0.1, 0.15) is 5.75 Å². The third-order valence-corrected chi connectivity index (χ3v) is 4.43. The van der Waals surface area contributed by atoms with E-state index >= 15 is 0 Å². The Labute approximate surface area is 134 Å². The Kier molecular flexibility index (Phi) is 4.27. The van der Waals surface area contributed by atoms with Crippen LogP contribution in [0.25, 0.3) is 0 Å². The Balaban J connectivity index is 1.95. The van der Waals surface area contributed by atoms with Crippen molar-refractivity contribution in [3.63, 3.8) is 0 Å². The van der Waals surface area contributed by atoms with Crippen molar-refractivity contribution in [2.75, 3.05) is 11.4 Å². The lowest BCUT2D eigenvalue weighted by Gasteiger charge is -2.25. The Morgan fingerprint density at radius 3 is 2.76 bits per heavy atom. The summed E-state index contributed by atoms with van der Waals surface area (Å²) in [5, 5.41) is 11.0. The van der Waals surface area contributed by atoms with Crippen molar-refractivity contribution >= 4 is 28.9 Å². The van der Waals surface area contributed by atoms with Crippen LogP contribution in [0, 0.1) is 0 Å². The second-order valence-electron chi connectivity index (χ2n) is 5.40. The van der Waals surface area contributed by atoms with Crippen LogP contribution in [0.15, 0.2) is 36.4 Å². The molecule has 110 valence electrons. The van der Waals surface area contributed by atoms with Gasteiger partial charge in [0.05, 0.1) is 5.02 Å². The molecule has 0 fully saturated rings. The van der Waals surface area contributed by atoms with Crippen LogP contribution in [0.2, 0.25) is 10.0 Å². The summed E-state index contributed by atoms with van der Waals surface area (Å²) in [6.07, 6.45) is 3.44. The number of benzene rings is 2. The zero-order valence-corrected chi connectivity index (χ0v) is 13.2. The van der Waals surface area contributed by atoms with Gasteiger partial charge in [0, 0.05) is 29.4 Å². The number of fused-ring (bicyclic) bond motifs is 1. The first-order chi connectivity index (χ1) is 10.1. The summed E-state index contributed by atoms with van der Waals surface area (Å²) in [5.41, 5.74) is 3.37. The van der Waals surface area contributed by atoms with Crippen LogP contribution in [0.4, 0.5) is 5.69 Å². The number of anilines is 1. The van der Waals surface area contributed by atoms with E-state index in [4.69, 9.17) is 23.2 Å². The van der Waals surface area contributed by atoms with Gasteiger partial charge in [0.15, 0.2) is 0 Å². The molecule has 1 heterocycles. The number of aryl methyl sites for hydroxylation is 1. The van der Waals surface area contributed by atoms with Crippen LogP contribution in [0.3, 0.4) is 0 Å². The molecule has 1 aliphatic heterocycles. The van der Waals surface area contributed by atoms with E-state index < -0.39 is 0 Å². The summed E-state index contributed by atoms with van der Waals surface area (Å²) in [5.74, 6) is 0.128. The molecule has 1 N–H and O–H groups in total. The summed E-state index contributed by atoms with van der Waals surface area (Å²) >= 11 is 12.1. The molecule has 0 saturated heterocycles. The van der Waals surface area contributed by atoms with E-state index in [1.165, 1.54) is 17.7 Å². The van der Waals surface area contributed by atoms with E-state index in [1.54, 1.807) is 12.1 Å². The molecule has 0 radical (unpaired) electrons. The van der Waals surface area contributed by atoms with Crippen molar-refractivity contribution in [1.82, 2.24) is 0 Å². The van der Waals surface area contributed by atoms with Crippen LogP contribution in [0.5, 0.6) is 5.75 Å². The number of hydrogen-bond acceptors (Lipinski definition) is 2. The number of rotatable bonds is 2. The van der Waals surface area contributed by atoms with Crippen molar-refractivity contribution < 1.29 is 5.11 Å². The zero-order valence-electron chi connectivity index (χ0n) is 11.6. The minimum absolute atomic E-state index is 0.128. The summed E-state index contributed by atoms with van der Waals surface area (Å²) in [4.78, 5) is 2.30. The fraction of sp³-hybridized carbons (Fsp3) is 0.294. The average Bonchev–Trinajstić information content (AvgIpc) is 2.67. The molecule has 0 unspecified atom stereocenters. The van der Waals surface area contributed by atoms with E-state index in [0.717, 1.165) is 24.9 Å². The normalized spacial score (nSPS) is 14.7. The van der Waals surface area contributed by atoms with Gasteiger partial charge in [0.25, 0.3) is 0 Å². The standard InChI is InChI=1S/C17H17Cl2NO/c18-14-9-13(17(21)15(19)10-14)11-20-8-4-3-6-12-5-1-2-7-16(12)20/h1-2,5,7,9-10,21H,3-4,6,8,11H2. The van der Waals surface area contributed by atoms with Crippen LogP contribution < -0.4 is 4.90 Å². The predicted octanol–water partition coefficient (Wildman–Crippen LogP) is 5.04. The molecule has 0 atom stereocenters. The fourth-order valence-corrected chi connectivity index (χ4v) is 3.41. The highest BCUT2D eigenvalue weighted by Gasteiger charge is 2.17.